The standard InChI is InChI=1S/C50H56P2/c1-3-5-7-9-11-17-27-43-41-46(38-40-52(49-33-23-15-24-34-49)50-35-25-16-26-36-50)44(28-18-12-10-8-6-4-2)42-45(43)37-39-51(47-29-19-13-20-30-47)48-31-21-14-22-32-48/h13-16,19-26,29-36,41-42H,3-12,17-18,27-28H2,1-2H3. The zero-order valence-electron chi connectivity index (χ0n) is 31.5. The van der Waals surface area contributed by atoms with Crippen LogP contribution in [0.3, 0.4) is 0 Å². The highest BCUT2D eigenvalue weighted by Crippen LogP contribution is 2.34. The first-order valence-corrected chi connectivity index (χ1v) is 22.4. The van der Waals surface area contributed by atoms with Gasteiger partial charge in [0.1, 0.15) is 0 Å². The fraction of sp³-hybridized carbons (Fsp3) is 0.320. The first-order valence-electron chi connectivity index (χ1n) is 19.8. The van der Waals surface area contributed by atoms with Crippen molar-refractivity contribution in [2.45, 2.75) is 104 Å². The molecule has 5 rings (SSSR count). The maximum Gasteiger partial charge on any atom is 0.0348 e. The molecule has 0 heterocycles. The van der Waals surface area contributed by atoms with Gasteiger partial charge in [-0.1, -0.05) is 223 Å². The van der Waals surface area contributed by atoms with E-state index in [9.17, 15) is 0 Å². The number of aryl methyl sites for hydroxylation is 2. The van der Waals surface area contributed by atoms with Crippen molar-refractivity contribution in [2.75, 3.05) is 0 Å². The molecule has 0 amide bonds. The summed E-state index contributed by atoms with van der Waals surface area (Å²) in [6, 6.07) is 48.4. The lowest BCUT2D eigenvalue weighted by atomic mass is 9.92. The molecule has 0 unspecified atom stereocenters. The highest BCUT2D eigenvalue weighted by Gasteiger charge is 2.14. The smallest absolute Gasteiger partial charge is 0.0348 e. The first-order chi connectivity index (χ1) is 25.8. The third kappa shape index (κ3) is 12.6. The van der Waals surface area contributed by atoms with Crippen LogP contribution in [0.4, 0.5) is 0 Å². The molecule has 5 aromatic carbocycles. The van der Waals surface area contributed by atoms with Crippen molar-refractivity contribution in [3.63, 3.8) is 0 Å². The van der Waals surface area contributed by atoms with Crippen LogP contribution in [0.5, 0.6) is 0 Å². The van der Waals surface area contributed by atoms with E-state index in [4.69, 9.17) is 0 Å². The highest BCUT2D eigenvalue weighted by atomic mass is 31.1. The largest absolute Gasteiger partial charge is 0.0654 e. The average molecular weight is 719 g/mol. The second kappa shape index (κ2) is 22.9. The van der Waals surface area contributed by atoms with Crippen molar-refractivity contribution >= 4 is 37.1 Å². The molecule has 0 aliphatic rings. The van der Waals surface area contributed by atoms with Gasteiger partial charge in [-0.25, -0.2) is 0 Å². The van der Waals surface area contributed by atoms with Gasteiger partial charge in [0.15, 0.2) is 0 Å². The molecule has 0 aromatic heterocycles. The summed E-state index contributed by atoms with van der Waals surface area (Å²) in [5.41, 5.74) is 12.8. The van der Waals surface area contributed by atoms with Crippen LogP contribution in [0.1, 0.15) is 113 Å². The summed E-state index contributed by atoms with van der Waals surface area (Å²) in [7, 11) is -1.60. The van der Waals surface area contributed by atoms with Gasteiger partial charge in [-0.05, 0) is 70.2 Å². The number of rotatable bonds is 18. The monoisotopic (exact) mass is 718 g/mol. The van der Waals surface area contributed by atoms with Gasteiger partial charge in [0.25, 0.3) is 0 Å². The Morgan fingerprint density at radius 3 is 0.962 bits per heavy atom. The maximum absolute atomic E-state index is 3.84. The Morgan fingerprint density at radius 1 is 0.365 bits per heavy atom. The van der Waals surface area contributed by atoms with Crippen LogP contribution in [0, 0.1) is 23.2 Å². The molecule has 2 heteroatoms. The third-order valence-electron chi connectivity index (χ3n) is 9.59. The summed E-state index contributed by atoms with van der Waals surface area (Å²) in [6.45, 7) is 4.59. The molecule has 266 valence electrons. The predicted octanol–water partition coefficient (Wildman–Crippen LogP) is 12.4. The number of benzene rings is 5. The molecular weight excluding hydrogens is 662 g/mol. The minimum atomic E-state index is -0.800. The number of hydrogen-bond acceptors (Lipinski definition) is 0. The average Bonchev–Trinajstić information content (AvgIpc) is 3.20. The fourth-order valence-corrected chi connectivity index (χ4v) is 10.1. The Morgan fingerprint density at radius 2 is 0.654 bits per heavy atom. The van der Waals surface area contributed by atoms with E-state index < -0.39 is 15.8 Å². The summed E-state index contributed by atoms with van der Waals surface area (Å²) >= 11 is 0. The topological polar surface area (TPSA) is 0 Å². The molecule has 0 atom stereocenters. The predicted molar refractivity (Wildman–Crippen MR) is 233 cm³/mol. The quantitative estimate of drug-likeness (QED) is 0.0481. The van der Waals surface area contributed by atoms with E-state index in [0.717, 1.165) is 12.8 Å². The van der Waals surface area contributed by atoms with E-state index >= 15 is 0 Å². The molecule has 0 saturated carbocycles. The highest BCUT2D eigenvalue weighted by molar-refractivity contribution is 7.77. The molecule has 0 spiro atoms. The van der Waals surface area contributed by atoms with Crippen molar-refractivity contribution in [3.8, 4) is 23.2 Å². The molecule has 0 fully saturated rings. The van der Waals surface area contributed by atoms with Gasteiger partial charge in [0, 0.05) is 27.0 Å². The summed E-state index contributed by atoms with van der Waals surface area (Å²) in [5, 5.41) is 5.22. The molecule has 52 heavy (non-hydrogen) atoms. The molecule has 5 aromatic rings. The maximum atomic E-state index is 3.84. The van der Waals surface area contributed by atoms with Crippen molar-refractivity contribution in [1.82, 2.24) is 0 Å². The van der Waals surface area contributed by atoms with Crippen molar-refractivity contribution in [3.05, 3.63) is 156 Å². The van der Waals surface area contributed by atoms with Crippen LogP contribution in [0.15, 0.2) is 133 Å². The van der Waals surface area contributed by atoms with E-state index in [0.29, 0.717) is 0 Å². The van der Waals surface area contributed by atoms with E-state index in [1.807, 2.05) is 0 Å². The lowest BCUT2D eigenvalue weighted by molar-refractivity contribution is 0.605. The van der Waals surface area contributed by atoms with Gasteiger partial charge in [-0.15, -0.1) is 0 Å². The number of hydrogen-bond donors (Lipinski definition) is 0. The zero-order valence-corrected chi connectivity index (χ0v) is 33.3. The molecule has 0 aliphatic carbocycles. The normalized spacial score (nSPS) is 10.8. The lowest BCUT2D eigenvalue weighted by Crippen LogP contribution is -2.10. The van der Waals surface area contributed by atoms with Crippen LogP contribution in [0.25, 0.3) is 0 Å². The van der Waals surface area contributed by atoms with Crippen molar-refractivity contribution in [1.29, 1.82) is 0 Å². The van der Waals surface area contributed by atoms with Crippen LogP contribution >= 0.6 is 15.8 Å². The summed E-state index contributed by atoms with van der Waals surface area (Å²) in [5.74, 6) is 7.62. The van der Waals surface area contributed by atoms with Crippen LogP contribution in [-0.2, 0) is 12.8 Å². The Kier molecular flexibility index (Phi) is 17.3. The van der Waals surface area contributed by atoms with Crippen LogP contribution in [-0.4, -0.2) is 0 Å². The van der Waals surface area contributed by atoms with E-state index in [-0.39, 0.29) is 0 Å². The second-order valence-electron chi connectivity index (χ2n) is 13.7. The molecule has 0 radical (unpaired) electrons. The minimum Gasteiger partial charge on any atom is -0.0654 e. The molecule has 0 saturated heterocycles. The first kappa shape index (κ1) is 39.3. The van der Waals surface area contributed by atoms with Gasteiger partial charge < -0.3 is 0 Å². The Bertz CT molecular complexity index is 1640. The molecule has 0 N–H and O–H groups in total. The second-order valence-corrected chi connectivity index (χ2v) is 17.5. The SMILES string of the molecule is CCCCCCCCc1cc(C#CP(c2ccccc2)c2ccccc2)c(CCCCCCCC)cc1C#CP(c1ccccc1)c1ccccc1. The van der Waals surface area contributed by atoms with Gasteiger partial charge >= 0.3 is 0 Å². The molecular formula is C50H56P2. The molecule has 0 nitrogen and oxygen atoms in total. The van der Waals surface area contributed by atoms with Crippen LogP contribution in [0.2, 0.25) is 0 Å². The van der Waals surface area contributed by atoms with Gasteiger partial charge in [-0.2, -0.15) is 0 Å². The van der Waals surface area contributed by atoms with Crippen LogP contribution < -0.4 is 21.2 Å². The summed E-state index contributed by atoms with van der Waals surface area (Å²) < 4.78 is 0. The third-order valence-corrected chi connectivity index (χ3v) is 13.5. The zero-order chi connectivity index (χ0) is 36.1. The van der Waals surface area contributed by atoms with Gasteiger partial charge in [-0.3, -0.25) is 0 Å². The Balaban J connectivity index is 1.56. The summed E-state index contributed by atoms with van der Waals surface area (Å²) in [4.78, 5) is 0. The lowest BCUT2D eigenvalue weighted by Gasteiger charge is -2.14. The molecule has 0 aliphatic heterocycles. The van der Waals surface area contributed by atoms with E-state index in [2.05, 4.69) is 170 Å². The van der Waals surface area contributed by atoms with Crippen molar-refractivity contribution < 1.29 is 0 Å². The Hall–Kier alpha value is -3.92. The molecule has 0 bridgehead atoms. The van der Waals surface area contributed by atoms with Gasteiger partial charge in [0.2, 0.25) is 0 Å². The van der Waals surface area contributed by atoms with Gasteiger partial charge in [0.05, 0.1) is 0 Å². The van der Waals surface area contributed by atoms with E-state index in [1.165, 1.54) is 121 Å². The fourth-order valence-electron chi connectivity index (χ4n) is 6.62. The van der Waals surface area contributed by atoms with E-state index in [1.54, 1.807) is 0 Å². The summed E-state index contributed by atoms with van der Waals surface area (Å²) in [6.07, 6.45) is 17.5. The Labute approximate surface area is 318 Å². The number of unbranched alkanes of at least 4 members (excludes halogenated alkanes) is 10. The van der Waals surface area contributed by atoms with Crippen molar-refractivity contribution in [2.24, 2.45) is 0 Å². The minimum absolute atomic E-state index is 0.800.